The number of hydrogen-bond donors (Lipinski definition) is 1. The van der Waals surface area contributed by atoms with Gasteiger partial charge in [0.2, 0.25) is 5.82 Å². The molecule has 27 heavy (non-hydrogen) atoms. The minimum absolute atomic E-state index is 0.0679. The average molecular weight is 370 g/mol. The first-order valence-electron chi connectivity index (χ1n) is 9.90. The molecule has 2 aliphatic heterocycles. The van der Waals surface area contributed by atoms with Crippen molar-refractivity contribution in [1.82, 2.24) is 19.6 Å². The Hall–Kier alpha value is -2.41. The van der Waals surface area contributed by atoms with Gasteiger partial charge in [-0.3, -0.25) is 14.0 Å². The van der Waals surface area contributed by atoms with Crippen LogP contribution in [-0.2, 0) is 4.74 Å². The van der Waals surface area contributed by atoms with Crippen LogP contribution >= 0.6 is 0 Å². The summed E-state index contributed by atoms with van der Waals surface area (Å²) < 4.78 is 7.26. The number of carbonyl (C=O) groups excluding carboxylic acids is 2. The average Bonchev–Trinajstić information content (AvgIpc) is 3.26. The van der Waals surface area contributed by atoms with E-state index in [1.165, 1.54) is 0 Å². The van der Waals surface area contributed by atoms with Crippen LogP contribution < -0.4 is 5.32 Å². The van der Waals surface area contributed by atoms with E-state index in [1.54, 1.807) is 10.6 Å². The Morgan fingerprint density at radius 3 is 2.70 bits per heavy atom. The van der Waals surface area contributed by atoms with Crippen LogP contribution in [0, 0.1) is 0 Å². The number of pyridine rings is 1. The largest absolute Gasteiger partial charge is 0.376 e. The van der Waals surface area contributed by atoms with Gasteiger partial charge in [0.05, 0.1) is 11.6 Å². The normalized spacial score (nSPS) is 20.6. The van der Waals surface area contributed by atoms with Crippen molar-refractivity contribution in [3.05, 3.63) is 35.9 Å². The summed E-state index contributed by atoms with van der Waals surface area (Å²) in [5.74, 6) is -0.109. The third kappa shape index (κ3) is 3.83. The van der Waals surface area contributed by atoms with Gasteiger partial charge in [0.1, 0.15) is 0 Å². The molecular formula is C20H26N4O3. The number of imidazole rings is 1. The van der Waals surface area contributed by atoms with Crippen LogP contribution in [0.4, 0.5) is 0 Å². The predicted octanol–water partition coefficient (Wildman–Crippen LogP) is 2.26. The Labute approximate surface area is 158 Å². The maximum Gasteiger partial charge on any atom is 0.287 e. The second kappa shape index (κ2) is 8.08. The lowest BCUT2D eigenvalue weighted by atomic mass is 10.2. The standard InChI is InChI=1S/C20H26N4O3/c25-19(21-14-15-8-7-13-27-15)18-22-17(16-9-3-6-12-24(16)18)20(26)23-10-4-1-2-5-11-23/h3,6,9,12,15H,1-2,4-5,7-8,10-11,13-14H2,(H,21,25). The Bertz CT molecular complexity index is 818. The molecule has 0 radical (unpaired) electrons. The van der Waals surface area contributed by atoms with Crippen molar-refractivity contribution >= 4 is 17.3 Å². The SMILES string of the molecule is O=C(NCC1CCCO1)c1nc(C(=O)N2CCCCCC2)c2ccccn12. The van der Waals surface area contributed by atoms with E-state index in [9.17, 15) is 9.59 Å². The summed E-state index contributed by atoms with van der Waals surface area (Å²) in [6, 6.07) is 5.55. The number of hydrogen-bond acceptors (Lipinski definition) is 4. The molecule has 0 saturated carbocycles. The molecule has 2 aromatic rings. The predicted molar refractivity (Wildman–Crippen MR) is 101 cm³/mol. The number of fused-ring (bicyclic) bond motifs is 1. The topological polar surface area (TPSA) is 75.9 Å². The van der Waals surface area contributed by atoms with Crippen molar-refractivity contribution in [2.45, 2.75) is 44.6 Å². The van der Waals surface area contributed by atoms with Crippen molar-refractivity contribution < 1.29 is 14.3 Å². The fraction of sp³-hybridized carbons (Fsp3) is 0.550. The van der Waals surface area contributed by atoms with Crippen LogP contribution in [0.1, 0.15) is 59.6 Å². The van der Waals surface area contributed by atoms with Gasteiger partial charge in [0.15, 0.2) is 5.69 Å². The van der Waals surface area contributed by atoms with Crippen molar-refractivity contribution in [2.24, 2.45) is 0 Å². The van der Waals surface area contributed by atoms with Gasteiger partial charge < -0.3 is 15.0 Å². The first-order chi connectivity index (χ1) is 13.2. The monoisotopic (exact) mass is 370 g/mol. The third-order valence-corrected chi connectivity index (χ3v) is 5.36. The quantitative estimate of drug-likeness (QED) is 0.896. The Morgan fingerprint density at radius 1 is 1.15 bits per heavy atom. The maximum atomic E-state index is 13.1. The molecule has 0 bridgehead atoms. The molecule has 1 unspecified atom stereocenters. The number of aromatic nitrogens is 2. The number of nitrogens with zero attached hydrogens (tertiary/aromatic N) is 3. The number of nitrogens with one attached hydrogen (secondary N) is 1. The zero-order valence-corrected chi connectivity index (χ0v) is 15.5. The Kier molecular flexibility index (Phi) is 5.38. The molecule has 2 fully saturated rings. The van der Waals surface area contributed by atoms with E-state index < -0.39 is 0 Å². The van der Waals surface area contributed by atoms with Crippen LogP contribution in [0.2, 0.25) is 0 Å². The molecule has 0 aromatic carbocycles. The van der Waals surface area contributed by atoms with Gasteiger partial charge >= 0.3 is 0 Å². The molecule has 2 aromatic heterocycles. The molecule has 0 aliphatic carbocycles. The van der Waals surface area contributed by atoms with E-state index in [2.05, 4.69) is 10.3 Å². The van der Waals surface area contributed by atoms with Crippen LogP contribution in [0.25, 0.3) is 5.52 Å². The highest BCUT2D eigenvalue weighted by Gasteiger charge is 2.26. The van der Waals surface area contributed by atoms with E-state index >= 15 is 0 Å². The molecular weight excluding hydrogens is 344 g/mol. The maximum absolute atomic E-state index is 13.1. The fourth-order valence-electron chi connectivity index (χ4n) is 3.87. The van der Waals surface area contributed by atoms with Gasteiger partial charge in [0.25, 0.3) is 11.8 Å². The number of amides is 2. The van der Waals surface area contributed by atoms with Gasteiger partial charge in [-0.2, -0.15) is 0 Å². The molecule has 2 aliphatic rings. The van der Waals surface area contributed by atoms with Gasteiger partial charge in [-0.15, -0.1) is 0 Å². The van der Waals surface area contributed by atoms with Crippen LogP contribution in [0.15, 0.2) is 24.4 Å². The molecule has 0 spiro atoms. The third-order valence-electron chi connectivity index (χ3n) is 5.36. The summed E-state index contributed by atoms with van der Waals surface area (Å²) in [4.78, 5) is 32.1. The second-order valence-corrected chi connectivity index (χ2v) is 7.29. The molecule has 4 heterocycles. The van der Waals surface area contributed by atoms with E-state index in [-0.39, 0.29) is 23.7 Å². The summed E-state index contributed by atoms with van der Waals surface area (Å²) >= 11 is 0. The zero-order valence-electron chi connectivity index (χ0n) is 15.5. The first kappa shape index (κ1) is 18.0. The van der Waals surface area contributed by atoms with Crippen LogP contribution in [-0.4, -0.2) is 58.4 Å². The minimum atomic E-state index is -0.276. The van der Waals surface area contributed by atoms with Crippen molar-refractivity contribution in [3.63, 3.8) is 0 Å². The van der Waals surface area contributed by atoms with Gasteiger partial charge in [0, 0.05) is 32.4 Å². The van der Waals surface area contributed by atoms with E-state index in [0.29, 0.717) is 17.8 Å². The molecule has 4 rings (SSSR count). The Morgan fingerprint density at radius 2 is 1.96 bits per heavy atom. The summed E-state index contributed by atoms with van der Waals surface area (Å²) in [5.41, 5.74) is 1.04. The highest BCUT2D eigenvalue weighted by Crippen LogP contribution is 2.18. The highest BCUT2D eigenvalue weighted by atomic mass is 16.5. The number of rotatable bonds is 4. The van der Waals surface area contributed by atoms with Crippen LogP contribution in [0.3, 0.4) is 0 Å². The first-order valence-corrected chi connectivity index (χ1v) is 9.90. The lowest BCUT2D eigenvalue weighted by Crippen LogP contribution is -2.33. The van der Waals surface area contributed by atoms with Gasteiger partial charge in [-0.25, -0.2) is 4.98 Å². The summed E-state index contributed by atoms with van der Waals surface area (Å²) in [6.07, 6.45) is 8.19. The minimum Gasteiger partial charge on any atom is -0.376 e. The fourth-order valence-corrected chi connectivity index (χ4v) is 3.87. The van der Waals surface area contributed by atoms with Gasteiger partial charge in [-0.05, 0) is 37.8 Å². The zero-order chi connectivity index (χ0) is 18.6. The van der Waals surface area contributed by atoms with Crippen molar-refractivity contribution in [1.29, 1.82) is 0 Å². The molecule has 2 amide bonds. The van der Waals surface area contributed by atoms with E-state index in [0.717, 1.165) is 58.2 Å². The molecule has 7 nitrogen and oxygen atoms in total. The smallest absolute Gasteiger partial charge is 0.287 e. The lowest BCUT2D eigenvalue weighted by Gasteiger charge is -2.19. The van der Waals surface area contributed by atoms with Crippen LogP contribution in [0.5, 0.6) is 0 Å². The van der Waals surface area contributed by atoms with Crippen molar-refractivity contribution in [2.75, 3.05) is 26.2 Å². The summed E-state index contributed by atoms with van der Waals surface area (Å²) in [5, 5.41) is 2.90. The van der Waals surface area contributed by atoms with E-state index in [4.69, 9.17) is 4.74 Å². The summed E-state index contributed by atoms with van der Waals surface area (Å²) in [6.45, 7) is 2.73. The van der Waals surface area contributed by atoms with Gasteiger partial charge in [-0.1, -0.05) is 18.9 Å². The summed E-state index contributed by atoms with van der Waals surface area (Å²) in [7, 11) is 0. The number of likely N-dealkylation sites (tertiary alicyclic amines) is 1. The molecule has 144 valence electrons. The lowest BCUT2D eigenvalue weighted by molar-refractivity contribution is 0.0758. The van der Waals surface area contributed by atoms with E-state index in [1.807, 2.05) is 23.1 Å². The molecule has 1 atom stereocenters. The van der Waals surface area contributed by atoms with Crippen molar-refractivity contribution in [3.8, 4) is 0 Å². The number of ether oxygens (including phenoxy) is 1. The molecule has 2 saturated heterocycles. The second-order valence-electron chi connectivity index (χ2n) is 7.29. The number of carbonyl (C=O) groups is 2. The Balaban J connectivity index is 1.58. The molecule has 1 N–H and O–H groups in total. The molecule has 7 heteroatoms. The highest BCUT2D eigenvalue weighted by molar-refractivity contribution is 6.02.